The smallest absolute Gasteiger partial charge is 0.0923 e. The highest BCUT2D eigenvalue weighted by Gasteiger charge is 2.17. The lowest BCUT2D eigenvalue weighted by atomic mass is 10.0. The van der Waals surface area contributed by atoms with Gasteiger partial charge in [0.15, 0.2) is 0 Å². The van der Waals surface area contributed by atoms with Gasteiger partial charge < -0.3 is 9.88 Å². The Hall–Kier alpha value is -1.29. The van der Waals surface area contributed by atoms with E-state index in [1.807, 2.05) is 6.20 Å². The number of hydrogen-bond donors (Lipinski definition) is 1. The molecule has 0 radical (unpaired) electrons. The number of nitrogens with zero attached hydrogens (tertiary/aromatic N) is 2. The predicted molar refractivity (Wildman–Crippen MR) is 72.1 cm³/mol. The van der Waals surface area contributed by atoms with Crippen LogP contribution >= 0.6 is 15.9 Å². The summed E-state index contributed by atoms with van der Waals surface area (Å²) in [7, 11) is 0. The van der Waals surface area contributed by atoms with Crippen LogP contribution in [0.25, 0.3) is 0 Å². The molecule has 1 N–H and O–H groups in total. The summed E-state index contributed by atoms with van der Waals surface area (Å²) in [5.74, 6) is 0. The van der Waals surface area contributed by atoms with Gasteiger partial charge in [-0.15, -0.1) is 0 Å². The molecule has 1 aliphatic heterocycles. The second kappa shape index (κ2) is 4.53. The number of aryl methyl sites for hydroxylation is 1. The Balaban J connectivity index is 1.89. The summed E-state index contributed by atoms with van der Waals surface area (Å²) in [6.45, 7) is 2.00. The molecule has 0 unspecified atom stereocenters. The van der Waals surface area contributed by atoms with E-state index in [9.17, 15) is 0 Å². The summed E-state index contributed by atoms with van der Waals surface area (Å²) in [5.41, 5.74) is 3.88. The SMILES string of the molecule is Brc1ccc2c(c1)CCCN2Cc1c[nH]cn1. The number of aromatic amines is 1. The highest BCUT2D eigenvalue weighted by Crippen LogP contribution is 2.30. The molecule has 88 valence electrons. The van der Waals surface area contributed by atoms with E-state index in [0.29, 0.717) is 0 Å². The highest BCUT2D eigenvalue weighted by atomic mass is 79.9. The van der Waals surface area contributed by atoms with E-state index in [-0.39, 0.29) is 0 Å². The van der Waals surface area contributed by atoms with Crippen molar-refractivity contribution in [3.8, 4) is 0 Å². The molecule has 0 atom stereocenters. The molecule has 0 saturated carbocycles. The lowest BCUT2D eigenvalue weighted by molar-refractivity contribution is 0.685. The van der Waals surface area contributed by atoms with Crippen molar-refractivity contribution in [3.05, 3.63) is 46.5 Å². The molecule has 17 heavy (non-hydrogen) atoms. The Morgan fingerprint density at radius 2 is 2.35 bits per heavy atom. The van der Waals surface area contributed by atoms with Gasteiger partial charge >= 0.3 is 0 Å². The van der Waals surface area contributed by atoms with Crippen LogP contribution in [0.15, 0.2) is 35.2 Å². The van der Waals surface area contributed by atoms with Crippen molar-refractivity contribution in [2.75, 3.05) is 11.4 Å². The first-order valence-corrected chi connectivity index (χ1v) is 6.63. The van der Waals surface area contributed by atoms with Gasteiger partial charge in [-0.3, -0.25) is 0 Å². The standard InChI is InChI=1S/C13H14BrN3/c14-11-3-4-13-10(6-11)2-1-5-17(13)8-12-7-15-9-16-12/h3-4,6-7,9H,1-2,5,8H2,(H,15,16). The van der Waals surface area contributed by atoms with Crippen LogP contribution in [0.5, 0.6) is 0 Å². The van der Waals surface area contributed by atoms with Gasteiger partial charge in [-0.05, 0) is 36.6 Å². The molecule has 1 aromatic carbocycles. The molecule has 0 fully saturated rings. The molecular formula is C13H14BrN3. The topological polar surface area (TPSA) is 31.9 Å². The van der Waals surface area contributed by atoms with Crippen molar-refractivity contribution in [1.82, 2.24) is 9.97 Å². The first-order chi connectivity index (χ1) is 8.33. The van der Waals surface area contributed by atoms with E-state index in [4.69, 9.17) is 0 Å². The Labute approximate surface area is 109 Å². The summed E-state index contributed by atoms with van der Waals surface area (Å²) >= 11 is 3.54. The van der Waals surface area contributed by atoms with E-state index in [0.717, 1.165) is 23.3 Å². The van der Waals surface area contributed by atoms with Crippen molar-refractivity contribution in [3.63, 3.8) is 0 Å². The normalized spacial score (nSPS) is 14.8. The highest BCUT2D eigenvalue weighted by molar-refractivity contribution is 9.10. The molecular weight excluding hydrogens is 278 g/mol. The lowest BCUT2D eigenvalue weighted by Crippen LogP contribution is -2.28. The quantitative estimate of drug-likeness (QED) is 0.922. The molecule has 1 aromatic heterocycles. The minimum Gasteiger partial charge on any atom is -0.365 e. The number of anilines is 1. The van der Waals surface area contributed by atoms with Crippen molar-refractivity contribution >= 4 is 21.6 Å². The van der Waals surface area contributed by atoms with Crippen LogP contribution in [-0.4, -0.2) is 16.5 Å². The Morgan fingerprint density at radius 3 is 3.18 bits per heavy atom. The van der Waals surface area contributed by atoms with Crippen molar-refractivity contribution in [2.24, 2.45) is 0 Å². The van der Waals surface area contributed by atoms with Crippen LogP contribution in [0.2, 0.25) is 0 Å². The van der Waals surface area contributed by atoms with E-state index < -0.39 is 0 Å². The van der Waals surface area contributed by atoms with E-state index >= 15 is 0 Å². The zero-order valence-corrected chi connectivity index (χ0v) is 11.1. The van der Waals surface area contributed by atoms with Crippen LogP contribution in [0.1, 0.15) is 17.7 Å². The largest absolute Gasteiger partial charge is 0.365 e. The number of imidazole rings is 1. The van der Waals surface area contributed by atoms with E-state index in [1.165, 1.54) is 24.1 Å². The zero-order chi connectivity index (χ0) is 11.7. The fraction of sp³-hybridized carbons (Fsp3) is 0.308. The summed E-state index contributed by atoms with van der Waals surface area (Å²) in [5, 5.41) is 0. The predicted octanol–water partition coefficient (Wildman–Crippen LogP) is 3.13. The number of halogens is 1. The van der Waals surface area contributed by atoms with Crippen molar-refractivity contribution < 1.29 is 0 Å². The number of aromatic nitrogens is 2. The van der Waals surface area contributed by atoms with Crippen LogP contribution in [0.4, 0.5) is 5.69 Å². The van der Waals surface area contributed by atoms with Gasteiger partial charge in [0, 0.05) is 22.9 Å². The fourth-order valence-corrected chi connectivity index (χ4v) is 2.79. The van der Waals surface area contributed by atoms with Crippen LogP contribution in [0.3, 0.4) is 0 Å². The lowest BCUT2D eigenvalue weighted by Gasteiger charge is -2.30. The number of rotatable bonds is 2. The van der Waals surface area contributed by atoms with Crippen molar-refractivity contribution in [1.29, 1.82) is 0 Å². The summed E-state index contributed by atoms with van der Waals surface area (Å²) < 4.78 is 1.16. The van der Waals surface area contributed by atoms with Crippen LogP contribution in [0, 0.1) is 0 Å². The van der Waals surface area contributed by atoms with Gasteiger partial charge in [0.05, 0.1) is 18.6 Å². The minimum absolute atomic E-state index is 0.887. The number of nitrogens with one attached hydrogen (secondary N) is 1. The van der Waals surface area contributed by atoms with Gasteiger partial charge in [0.25, 0.3) is 0 Å². The summed E-state index contributed by atoms with van der Waals surface area (Å²) in [4.78, 5) is 9.71. The maximum Gasteiger partial charge on any atom is 0.0923 e. The number of hydrogen-bond acceptors (Lipinski definition) is 2. The monoisotopic (exact) mass is 291 g/mol. The third kappa shape index (κ3) is 2.22. The van der Waals surface area contributed by atoms with Gasteiger partial charge in [-0.25, -0.2) is 4.98 Å². The Kier molecular flexibility index (Phi) is 2.89. The molecule has 2 aromatic rings. The van der Waals surface area contributed by atoms with Crippen LogP contribution in [-0.2, 0) is 13.0 Å². The molecule has 0 saturated heterocycles. The van der Waals surface area contributed by atoms with Gasteiger partial charge in [-0.1, -0.05) is 15.9 Å². The number of benzene rings is 1. The zero-order valence-electron chi connectivity index (χ0n) is 9.49. The second-order valence-electron chi connectivity index (χ2n) is 4.36. The molecule has 0 amide bonds. The molecule has 3 rings (SSSR count). The minimum atomic E-state index is 0.887. The molecule has 0 aliphatic carbocycles. The van der Waals surface area contributed by atoms with Gasteiger partial charge in [0.1, 0.15) is 0 Å². The third-order valence-electron chi connectivity index (χ3n) is 3.16. The van der Waals surface area contributed by atoms with Gasteiger partial charge in [-0.2, -0.15) is 0 Å². The van der Waals surface area contributed by atoms with Crippen LogP contribution < -0.4 is 4.90 Å². The third-order valence-corrected chi connectivity index (χ3v) is 3.66. The molecule has 0 bridgehead atoms. The molecule has 3 nitrogen and oxygen atoms in total. The molecule has 0 spiro atoms. The molecule has 2 heterocycles. The van der Waals surface area contributed by atoms with Gasteiger partial charge in [0.2, 0.25) is 0 Å². The first-order valence-electron chi connectivity index (χ1n) is 5.84. The fourth-order valence-electron chi connectivity index (χ4n) is 2.38. The first kappa shape index (κ1) is 10.8. The Morgan fingerprint density at radius 1 is 1.41 bits per heavy atom. The van der Waals surface area contributed by atoms with E-state index in [1.54, 1.807) is 6.33 Å². The van der Waals surface area contributed by atoms with Crippen molar-refractivity contribution in [2.45, 2.75) is 19.4 Å². The maximum absolute atomic E-state index is 4.29. The average Bonchev–Trinajstić information content (AvgIpc) is 2.82. The summed E-state index contributed by atoms with van der Waals surface area (Å²) in [6, 6.07) is 6.54. The van der Waals surface area contributed by atoms with E-state index in [2.05, 4.69) is 49.0 Å². The average molecular weight is 292 g/mol. The maximum atomic E-state index is 4.29. The summed E-state index contributed by atoms with van der Waals surface area (Å²) in [6.07, 6.45) is 6.09. The Bertz CT molecular complexity index is 507. The molecule has 4 heteroatoms. The molecule has 1 aliphatic rings. The second-order valence-corrected chi connectivity index (χ2v) is 5.27. The number of fused-ring (bicyclic) bond motifs is 1. The number of H-pyrrole nitrogens is 1.